The van der Waals surface area contributed by atoms with Gasteiger partial charge in [0.2, 0.25) is 5.95 Å². The predicted octanol–water partition coefficient (Wildman–Crippen LogP) is 3.24. The lowest BCUT2D eigenvalue weighted by atomic mass is 10.0. The molecule has 11 heteroatoms. The summed E-state index contributed by atoms with van der Waals surface area (Å²) in [6.07, 6.45) is 7.37. The van der Waals surface area contributed by atoms with Crippen LogP contribution in [0.3, 0.4) is 0 Å². The quantitative estimate of drug-likeness (QED) is 0.341. The van der Waals surface area contributed by atoms with E-state index in [4.69, 9.17) is 9.72 Å². The van der Waals surface area contributed by atoms with E-state index in [1.54, 1.807) is 17.7 Å². The first-order valence-electron chi connectivity index (χ1n) is 13.6. The number of carbonyl (C=O) groups is 2. The van der Waals surface area contributed by atoms with Crippen LogP contribution in [0.1, 0.15) is 61.5 Å². The Balaban J connectivity index is 1.33. The summed E-state index contributed by atoms with van der Waals surface area (Å²) in [5.41, 5.74) is 2.11. The van der Waals surface area contributed by atoms with Crippen molar-refractivity contribution < 1.29 is 14.3 Å². The molecule has 1 N–H and O–H groups in total. The van der Waals surface area contributed by atoms with Gasteiger partial charge in [-0.2, -0.15) is 4.98 Å². The smallest absolute Gasteiger partial charge is 0.320 e. The largest absolute Gasteiger partial charge is 0.465 e. The maximum Gasteiger partial charge on any atom is 0.320 e. The van der Waals surface area contributed by atoms with Crippen LogP contribution in [0.15, 0.2) is 29.3 Å². The van der Waals surface area contributed by atoms with Crippen LogP contribution in [0.4, 0.5) is 17.5 Å². The molecule has 39 heavy (non-hydrogen) atoms. The summed E-state index contributed by atoms with van der Waals surface area (Å²) in [6.45, 7) is 8.89. The SMILES string of the molecule is CCOC(=O)CN1CCN(c2ccc(Nc3ncc4c(C)c(C(C)=O)c(=O)n(C5CCCC5)c4n3)nc2)CC1. The van der Waals surface area contributed by atoms with Gasteiger partial charge < -0.3 is 15.0 Å². The molecule has 2 aliphatic rings. The van der Waals surface area contributed by atoms with E-state index in [0.29, 0.717) is 41.5 Å². The zero-order chi connectivity index (χ0) is 27.5. The first kappa shape index (κ1) is 26.7. The number of ether oxygens (including phenoxy) is 1. The van der Waals surface area contributed by atoms with Gasteiger partial charge in [0.05, 0.1) is 30.6 Å². The lowest BCUT2D eigenvalue weighted by molar-refractivity contribution is -0.144. The zero-order valence-electron chi connectivity index (χ0n) is 22.8. The lowest BCUT2D eigenvalue weighted by Crippen LogP contribution is -2.48. The third kappa shape index (κ3) is 5.63. The number of fused-ring (bicyclic) bond motifs is 1. The van der Waals surface area contributed by atoms with Crippen LogP contribution in [-0.2, 0) is 9.53 Å². The first-order chi connectivity index (χ1) is 18.9. The number of nitrogens with zero attached hydrogens (tertiary/aromatic N) is 6. The van der Waals surface area contributed by atoms with Gasteiger partial charge in [0.15, 0.2) is 5.78 Å². The number of nitrogens with one attached hydrogen (secondary N) is 1. The van der Waals surface area contributed by atoms with E-state index in [9.17, 15) is 14.4 Å². The highest BCUT2D eigenvalue weighted by Crippen LogP contribution is 2.32. The number of rotatable bonds is 8. The molecule has 1 saturated carbocycles. The van der Waals surface area contributed by atoms with E-state index in [1.807, 2.05) is 25.3 Å². The monoisotopic (exact) mass is 533 g/mol. The van der Waals surface area contributed by atoms with Crippen molar-refractivity contribution in [1.29, 1.82) is 0 Å². The summed E-state index contributed by atoms with van der Waals surface area (Å²) in [5, 5.41) is 3.88. The Morgan fingerprint density at radius 3 is 2.46 bits per heavy atom. The van der Waals surface area contributed by atoms with Crippen molar-refractivity contribution in [2.75, 3.05) is 49.5 Å². The molecule has 0 bridgehead atoms. The molecular weight excluding hydrogens is 498 g/mol. The number of aromatic nitrogens is 4. The van der Waals surface area contributed by atoms with Crippen molar-refractivity contribution in [3.05, 3.63) is 46.0 Å². The lowest BCUT2D eigenvalue weighted by Gasteiger charge is -2.35. The van der Waals surface area contributed by atoms with Gasteiger partial charge in [-0.15, -0.1) is 0 Å². The van der Waals surface area contributed by atoms with E-state index in [0.717, 1.165) is 57.5 Å². The van der Waals surface area contributed by atoms with E-state index in [-0.39, 0.29) is 28.9 Å². The molecule has 3 aromatic rings. The summed E-state index contributed by atoms with van der Waals surface area (Å²) >= 11 is 0. The Hall–Kier alpha value is -3.86. The Kier molecular flexibility index (Phi) is 7.87. The topological polar surface area (TPSA) is 123 Å². The normalized spacial score (nSPS) is 16.5. The third-order valence-electron chi connectivity index (χ3n) is 7.63. The molecule has 11 nitrogen and oxygen atoms in total. The summed E-state index contributed by atoms with van der Waals surface area (Å²) < 4.78 is 6.75. The average Bonchev–Trinajstić information content (AvgIpc) is 3.44. The van der Waals surface area contributed by atoms with Crippen LogP contribution in [0.2, 0.25) is 0 Å². The van der Waals surface area contributed by atoms with Gasteiger partial charge in [0.1, 0.15) is 11.5 Å². The van der Waals surface area contributed by atoms with Gasteiger partial charge in [0.25, 0.3) is 5.56 Å². The summed E-state index contributed by atoms with van der Waals surface area (Å²) in [4.78, 5) is 55.6. The number of anilines is 3. The van der Waals surface area contributed by atoms with Gasteiger partial charge in [-0.25, -0.2) is 9.97 Å². The van der Waals surface area contributed by atoms with Crippen LogP contribution in [0.25, 0.3) is 11.0 Å². The number of piperazine rings is 1. The van der Waals surface area contributed by atoms with Crippen LogP contribution in [0, 0.1) is 6.92 Å². The van der Waals surface area contributed by atoms with Crippen molar-refractivity contribution in [1.82, 2.24) is 24.4 Å². The molecule has 0 spiro atoms. The summed E-state index contributed by atoms with van der Waals surface area (Å²) in [5.74, 6) is 0.508. The zero-order valence-corrected chi connectivity index (χ0v) is 22.8. The minimum Gasteiger partial charge on any atom is -0.465 e. The number of pyridine rings is 2. The molecule has 1 saturated heterocycles. The number of ketones is 1. The second-order valence-corrected chi connectivity index (χ2v) is 10.2. The molecule has 0 unspecified atom stereocenters. The molecule has 1 aliphatic heterocycles. The minimum absolute atomic E-state index is 0.0246. The van der Waals surface area contributed by atoms with E-state index in [2.05, 4.69) is 25.1 Å². The van der Waals surface area contributed by atoms with Crippen molar-refractivity contribution in [2.45, 2.75) is 52.5 Å². The van der Waals surface area contributed by atoms with Gasteiger partial charge in [-0.05, 0) is 51.3 Å². The van der Waals surface area contributed by atoms with Crippen LogP contribution >= 0.6 is 0 Å². The molecule has 4 heterocycles. The maximum atomic E-state index is 13.4. The Morgan fingerprint density at radius 2 is 1.82 bits per heavy atom. The molecule has 0 aromatic carbocycles. The molecule has 0 atom stereocenters. The number of hydrogen-bond acceptors (Lipinski definition) is 10. The molecule has 0 amide bonds. The molecule has 206 valence electrons. The molecule has 1 aliphatic carbocycles. The fraction of sp³-hybridized carbons (Fsp3) is 0.500. The van der Waals surface area contributed by atoms with Crippen molar-refractivity contribution in [3.8, 4) is 0 Å². The average molecular weight is 534 g/mol. The van der Waals surface area contributed by atoms with Crippen LogP contribution in [-0.4, -0.2) is 75.5 Å². The summed E-state index contributed by atoms with van der Waals surface area (Å²) in [7, 11) is 0. The van der Waals surface area contributed by atoms with Crippen LogP contribution in [0.5, 0.6) is 0 Å². The minimum atomic E-state index is -0.270. The van der Waals surface area contributed by atoms with Crippen LogP contribution < -0.4 is 15.8 Å². The summed E-state index contributed by atoms with van der Waals surface area (Å²) in [6, 6.07) is 3.90. The van der Waals surface area contributed by atoms with E-state index < -0.39 is 0 Å². The standard InChI is InChI=1S/C28H35N7O4/c1-4-39-24(37)17-33-11-13-34(14-12-33)21-9-10-23(29-15-21)31-28-30-16-22-18(2)25(19(3)36)27(38)35(26(22)32-28)20-7-5-6-8-20/h9-10,15-16,20H,4-8,11-14,17H2,1-3H3,(H,29,30,31,32). The molecule has 0 radical (unpaired) electrons. The number of carbonyl (C=O) groups excluding carboxylic acids is 2. The van der Waals surface area contributed by atoms with E-state index in [1.165, 1.54) is 6.92 Å². The second-order valence-electron chi connectivity index (χ2n) is 10.2. The first-order valence-corrected chi connectivity index (χ1v) is 13.6. The van der Waals surface area contributed by atoms with Gasteiger partial charge in [-0.3, -0.25) is 23.9 Å². The van der Waals surface area contributed by atoms with Gasteiger partial charge >= 0.3 is 5.97 Å². The predicted molar refractivity (Wildman–Crippen MR) is 149 cm³/mol. The number of aryl methyl sites for hydroxylation is 1. The third-order valence-corrected chi connectivity index (χ3v) is 7.63. The fourth-order valence-corrected chi connectivity index (χ4v) is 5.62. The fourth-order valence-electron chi connectivity index (χ4n) is 5.62. The Bertz CT molecular complexity index is 1420. The molecule has 5 rings (SSSR count). The molecule has 3 aromatic heterocycles. The molecule has 2 fully saturated rings. The number of Topliss-reactive ketones (excluding diaryl/α,β-unsaturated/α-hetero) is 1. The van der Waals surface area contributed by atoms with Gasteiger partial charge in [0, 0.05) is 43.8 Å². The Labute approximate surface area is 227 Å². The van der Waals surface area contributed by atoms with Gasteiger partial charge in [-0.1, -0.05) is 12.8 Å². The highest BCUT2D eigenvalue weighted by Gasteiger charge is 2.26. The highest BCUT2D eigenvalue weighted by molar-refractivity contribution is 5.99. The van der Waals surface area contributed by atoms with E-state index >= 15 is 0 Å². The Morgan fingerprint density at radius 1 is 1.08 bits per heavy atom. The van der Waals surface area contributed by atoms with Crippen molar-refractivity contribution in [3.63, 3.8) is 0 Å². The number of hydrogen-bond donors (Lipinski definition) is 1. The highest BCUT2D eigenvalue weighted by atomic mass is 16.5. The maximum absolute atomic E-state index is 13.4. The second kappa shape index (κ2) is 11.5. The number of esters is 1. The van der Waals surface area contributed by atoms with Crippen molar-refractivity contribution >= 4 is 40.2 Å². The molecular formula is C28H35N7O4. The van der Waals surface area contributed by atoms with Crippen molar-refractivity contribution in [2.24, 2.45) is 0 Å².